The molecule has 0 bridgehead atoms. The van der Waals surface area contributed by atoms with Crippen LogP contribution >= 0.6 is 0 Å². The van der Waals surface area contributed by atoms with E-state index in [0.29, 0.717) is 0 Å². The number of alkyl halides is 6. The van der Waals surface area contributed by atoms with E-state index in [2.05, 4.69) is 13.8 Å². The maximum absolute atomic E-state index is 13.0. The van der Waals surface area contributed by atoms with Crippen molar-refractivity contribution in [1.82, 2.24) is 0 Å². The number of likely N-dealkylation sites (tertiary alicyclic amines) is 1. The highest BCUT2D eigenvalue weighted by molar-refractivity contribution is 8.00. The molecule has 1 aromatic rings. The molecule has 0 spiro atoms. The maximum Gasteiger partial charge on any atom is 0.502 e. The molecule has 1 heterocycles. The zero-order valence-corrected chi connectivity index (χ0v) is 22.2. The minimum Gasteiger partial charge on any atom is -0.324 e. The summed E-state index contributed by atoms with van der Waals surface area (Å²) in [5.41, 5.74) is -13.9. The summed E-state index contributed by atoms with van der Waals surface area (Å²) in [4.78, 5) is -4.38. The van der Waals surface area contributed by atoms with Crippen LogP contribution in [0.5, 0.6) is 0 Å². The van der Waals surface area contributed by atoms with Gasteiger partial charge < -0.3 is 4.48 Å². The largest absolute Gasteiger partial charge is 0.502 e. The number of allylic oxidation sites excluding steroid dienone is 4. The third kappa shape index (κ3) is 5.22. The molecule has 6 nitrogen and oxygen atoms in total. The van der Waals surface area contributed by atoms with E-state index in [0.717, 1.165) is 6.08 Å². The van der Waals surface area contributed by atoms with Gasteiger partial charge in [0.25, 0.3) is 19.7 Å². The normalized spacial score (nSPS) is 19.3. The lowest BCUT2D eigenvalue weighted by Crippen LogP contribution is -2.45. The van der Waals surface area contributed by atoms with Crippen LogP contribution in [-0.2, 0) is 19.7 Å². The molecular formula is C24H27F6N2O4S2+. The van der Waals surface area contributed by atoms with Gasteiger partial charge in [-0.1, -0.05) is 31.2 Å². The second-order valence-corrected chi connectivity index (χ2v) is 13.0. The molecule has 1 aromatic carbocycles. The molecule has 0 amide bonds. The number of benzene rings is 1. The lowest BCUT2D eigenvalue weighted by molar-refractivity contribution is -0.915. The first kappa shape index (κ1) is 30.1. The van der Waals surface area contributed by atoms with Gasteiger partial charge in [0.2, 0.25) is 0 Å². The Morgan fingerprint density at radius 1 is 0.842 bits per heavy atom. The van der Waals surface area contributed by atoms with Crippen molar-refractivity contribution >= 4 is 37.0 Å². The molecule has 0 radical (unpaired) electrons. The van der Waals surface area contributed by atoms with Crippen LogP contribution in [0.3, 0.4) is 0 Å². The summed E-state index contributed by atoms with van der Waals surface area (Å²) in [7, 11) is -13.1. The Balaban J connectivity index is 0.000000336. The van der Waals surface area contributed by atoms with Gasteiger partial charge in [0, 0.05) is 18.4 Å². The van der Waals surface area contributed by atoms with Crippen molar-refractivity contribution < 1.29 is 47.7 Å². The number of halogens is 6. The zero-order chi connectivity index (χ0) is 28.7. The first-order valence-electron chi connectivity index (χ1n) is 11.8. The van der Waals surface area contributed by atoms with Crippen molar-refractivity contribution in [3.05, 3.63) is 56.9 Å². The molecule has 0 atom stereocenters. The Kier molecular flexibility index (Phi) is 8.13. The molecule has 0 unspecified atom stereocenters. The van der Waals surface area contributed by atoms with E-state index in [-0.39, 0.29) is 22.8 Å². The van der Waals surface area contributed by atoms with Crippen LogP contribution in [0.15, 0.2) is 45.7 Å². The molecule has 1 aliphatic heterocycles. The minimum absolute atomic E-state index is 0.153. The van der Waals surface area contributed by atoms with E-state index < -0.39 is 51.8 Å². The third-order valence-electron chi connectivity index (χ3n) is 6.89. The molecule has 38 heavy (non-hydrogen) atoms. The summed E-state index contributed by atoms with van der Waals surface area (Å²) in [6.45, 7) is 10.3. The number of quaternary nitrogens is 1. The van der Waals surface area contributed by atoms with Gasteiger partial charge >= 0.3 is 11.0 Å². The smallest absolute Gasteiger partial charge is 0.324 e. The van der Waals surface area contributed by atoms with Gasteiger partial charge in [-0.25, -0.2) is 16.8 Å². The fraction of sp³-hybridized carbons (Fsp3) is 0.458. The lowest BCUT2D eigenvalue weighted by Gasteiger charge is -2.32. The first-order chi connectivity index (χ1) is 17.4. The summed E-state index contributed by atoms with van der Waals surface area (Å²) in [5.74, 6) is 0. The fourth-order valence-electron chi connectivity index (χ4n) is 4.94. The lowest BCUT2D eigenvalue weighted by atomic mass is 9.95. The minimum atomic E-state index is -6.58. The van der Waals surface area contributed by atoms with Gasteiger partial charge in [-0.05, 0) is 42.2 Å². The molecule has 1 fully saturated rings. The summed E-state index contributed by atoms with van der Waals surface area (Å²) >= 11 is 0. The molecule has 3 aliphatic rings. The van der Waals surface area contributed by atoms with Crippen molar-refractivity contribution in [3.63, 3.8) is 0 Å². The Bertz CT molecular complexity index is 1430. The average Bonchev–Trinajstić information content (AvgIpc) is 3.43. The van der Waals surface area contributed by atoms with Crippen LogP contribution < -0.4 is 0 Å². The summed E-state index contributed by atoms with van der Waals surface area (Å²) in [5, 5.41) is 7.82. The highest BCUT2D eigenvalue weighted by Gasteiger charge is 2.57. The number of hydrogen-bond acceptors (Lipinski definition) is 5. The number of rotatable bonds is 5. The van der Waals surface area contributed by atoms with E-state index in [1.807, 2.05) is 0 Å². The van der Waals surface area contributed by atoms with Crippen molar-refractivity contribution in [3.8, 4) is 0 Å². The van der Waals surface area contributed by atoms with E-state index in [1.54, 1.807) is 0 Å². The van der Waals surface area contributed by atoms with Crippen LogP contribution in [-0.4, -0.2) is 64.2 Å². The van der Waals surface area contributed by atoms with Crippen molar-refractivity contribution in [1.29, 1.82) is 5.41 Å². The van der Waals surface area contributed by atoms with E-state index >= 15 is 0 Å². The molecule has 0 aromatic heterocycles. The number of hydrogen-bond donors (Lipinski definition) is 1. The van der Waals surface area contributed by atoms with Crippen LogP contribution in [0, 0.1) is 5.41 Å². The zero-order valence-electron chi connectivity index (χ0n) is 20.6. The summed E-state index contributed by atoms with van der Waals surface area (Å²) in [6.07, 6.45) is 5.61. The predicted molar refractivity (Wildman–Crippen MR) is 132 cm³/mol. The first-order valence-corrected chi connectivity index (χ1v) is 14.7. The van der Waals surface area contributed by atoms with Gasteiger partial charge in [0.1, 0.15) is 4.91 Å². The van der Waals surface area contributed by atoms with Crippen LogP contribution in [0.4, 0.5) is 26.3 Å². The van der Waals surface area contributed by atoms with Crippen LogP contribution in [0.25, 0.3) is 11.6 Å². The molecule has 1 N–H and O–H groups in total. The fourth-order valence-corrected chi connectivity index (χ4v) is 7.40. The van der Waals surface area contributed by atoms with E-state index in [1.165, 1.54) is 74.2 Å². The molecule has 210 valence electrons. The Labute approximate surface area is 217 Å². The van der Waals surface area contributed by atoms with Crippen molar-refractivity contribution in [2.75, 3.05) is 26.2 Å². The van der Waals surface area contributed by atoms with Crippen molar-refractivity contribution in [2.24, 2.45) is 0 Å². The van der Waals surface area contributed by atoms with Crippen LogP contribution in [0.2, 0.25) is 0 Å². The molecule has 1 saturated heterocycles. The van der Waals surface area contributed by atoms with Gasteiger partial charge in [-0.3, -0.25) is 5.41 Å². The van der Waals surface area contributed by atoms with Crippen LogP contribution in [0.1, 0.15) is 44.2 Å². The Hall–Kier alpha value is -2.45. The highest BCUT2D eigenvalue weighted by atomic mass is 32.2. The second kappa shape index (κ2) is 10.3. The molecule has 0 saturated carbocycles. The Morgan fingerprint density at radius 2 is 1.39 bits per heavy atom. The number of fused-ring (bicyclic) bond motifs is 3. The third-order valence-corrected chi connectivity index (χ3v) is 10.1. The molecule has 14 heteroatoms. The summed E-state index contributed by atoms with van der Waals surface area (Å²) < 4.78 is 127. The average molecular weight is 586 g/mol. The Morgan fingerprint density at radius 3 is 1.89 bits per heavy atom. The highest BCUT2D eigenvalue weighted by Crippen LogP contribution is 2.47. The van der Waals surface area contributed by atoms with E-state index in [4.69, 9.17) is 5.41 Å². The molecular weight excluding hydrogens is 558 g/mol. The van der Waals surface area contributed by atoms with Gasteiger partial charge in [-0.15, -0.1) is 0 Å². The SMILES string of the molecule is CCC[N+]1(CC)CCCC1.N=C1C2=Cc3ccccc3C2=CC(S(=O)(=O)C(F)(F)F)=C1S(=O)(=O)C(F)(F)F. The number of sulfone groups is 2. The molecule has 2 aliphatic carbocycles. The van der Waals surface area contributed by atoms with Gasteiger partial charge in [0.15, 0.2) is 0 Å². The number of nitrogens with zero attached hydrogens (tertiary/aromatic N) is 1. The maximum atomic E-state index is 13.0. The number of nitrogens with one attached hydrogen (secondary N) is 1. The topological polar surface area (TPSA) is 92.1 Å². The monoisotopic (exact) mass is 585 g/mol. The van der Waals surface area contributed by atoms with Gasteiger partial charge in [-0.2, -0.15) is 26.3 Å². The van der Waals surface area contributed by atoms with E-state index in [9.17, 15) is 43.2 Å². The predicted octanol–water partition coefficient (Wildman–Crippen LogP) is 5.61. The standard InChI is InChI=1S/C15H7F6NO4S2.C9H20N/c16-14(17,18)27(23,24)11-6-9-8-4-2-1-3-7(8)5-10(9)12(22)13(11)28(25,26)15(19,20)21;1-3-7-10(4-2)8-5-6-9-10/h1-6,22H;3-9H2,1-2H3/q;+1. The summed E-state index contributed by atoms with van der Waals surface area (Å²) in [6, 6.07) is 5.69. The second-order valence-electron chi connectivity index (χ2n) is 9.21. The van der Waals surface area contributed by atoms with Crippen molar-refractivity contribution in [2.45, 2.75) is 44.1 Å². The van der Waals surface area contributed by atoms with Gasteiger partial charge in [0.05, 0.1) is 36.8 Å². The quantitative estimate of drug-likeness (QED) is 0.359. The molecule has 4 rings (SSSR count).